The monoisotopic (exact) mass is 346 g/mol. The number of pyridine rings is 1. The number of nitriles is 1. The van der Waals surface area contributed by atoms with Crippen LogP contribution in [0.1, 0.15) is 43.2 Å². The second-order valence-electron chi connectivity index (χ2n) is 7.54. The van der Waals surface area contributed by atoms with E-state index in [1.54, 1.807) is 4.90 Å². The Hall–Kier alpha value is -1.68. The van der Waals surface area contributed by atoms with E-state index < -0.39 is 0 Å². The lowest BCUT2D eigenvalue weighted by molar-refractivity contribution is -0.906. The minimum atomic E-state index is -0.222. The average Bonchev–Trinajstić information content (AvgIpc) is 2.61. The summed E-state index contributed by atoms with van der Waals surface area (Å²) in [6, 6.07) is 2.43. The van der Waals surface area contributed by atoms with Gasteiger partial charge in [0.05, 0.1) is 25.4 Å². The maximum atomic E-state index is 9.78. The molecule has 1 fully saturated rings. The van der Waals surface area contributed by atoms with Crippen molar-refractivity contribution in [3.8, 4) is 6.07 Å². The zero-order chi connectivity index (χ0) is 17.9. The minimum Gasteiger partial charge on any atom is -0.370 e. The minimum absolute atomic E-state index is 0.222. The molecule has 0 radical (unpaired) electrons. The Bertz CT molecular complexity index is 660. The van der Waals surface area contributed by atoms with Crippen molar-refractivity contribution in [2.75, 3.05) is 44.7 Å². The van der Waals surface area contributed by atoms with Gasteiger partial charge in [-0.2, -0.15) is 5.26 Å². The zero-order valence-corrected chi connectivity index (χ0v) is 15.6. The first-order valence-corrected chi connectivity index (χ1v) is 9.33. The van der Waals surface area contributed by atoms with Crippen molar-refractivity contribution in [1.82, 2.24) is 0 Å². The molecule has 3 rings (SSSR count). The molecule has 3 N–H and O–H groups in total. The first kappa shape index (κ1) is 18.1. The van der Waals surface area contributed by atoms with Crippen LogP contribution in [0.15, 0.2) is 0 Å². The number of ether oxygens (including phenoxy) is 2. The molecule has 0 saturated carbocycles. The molecule has 1 aromatic rings. The lowest BCUT2D eigenvalue weighted by Gasteiger charge is -2.32. The predicted molar refractivity (Wildman–Crippen MR) is 94.5 cm³/mol. The molecule has 0 aliphatic carbocycles. The third kappa shape index (κ3) is 4.12. The number of aromatic nitrogens is 1. The highest BCUT2D eigenvalue weighted by Gasteiger charge is 2.33. The Morgan fingerprint density at radius 1 is 1.28 bits per heavy atom. The van der Waals surface area contributed by atoms with E-state index in [1.807, 2.05) is 0 Å². The SMILES string of the molecule is CCc1[nH+]c(NCC[NH+]2CCOCC2)c(C#N)c2c1COC(C)(C)C2. The fraction of sp³-hybridized carbons (Fsp3) is 0.684. The number of nitrogens with one attached hydrogen (secondary N) is 3. The number of aromatic amines is 1. The van der Waals surface area contributed by atoms with E-state index in [1.165, 1.54) is 11.3 Å². The van der Waals surface area contributed by atoms with Crippen LogP contribution in [-0.2, 0) is 28.9 Å². The van der Waals surface area contributed by atoms with Crippen molar-refractivity contribution < 1.29 is 19.4 Å². The van der Waals surface area contributed by atoms with Crippen LogP contribution >= 0.6 is 0 Å². The molecule has 2 aliphatic rings. The summed E-state index contributed by atoms with van der Waals surface area (Å²) in [4.78, 5) is 5.02. The molecule has 136 valence electrons. The zero-order valence-electron chi connectivity index (χ0n) is 15.6. The molecule has 2 aliphatic heterocycles. The Morgan fingerprint density at radius 2 is 2.04 bits per heavy atom. The maximum Gasteiger partial charge on any atom is 0.291 e. The lowest BCUT2D eigenvalue weighted by Crippen LogP contribution is -3.14. The van der Waals surface area contributed by atoms with Crippen LogP contribution in [0.3, 0.4) is 0 Å². The van der Waals surface area contributed by atoms with Gasteiger partial charge < -0.3 is 14.4 Å². The van der Waals surface area contributed by atoms with Crippen LogP contribution in [0, 0.1) is 11.3 Å². The van der Waals surface area contributed by atoms with Gasteiger partial charge in [0.15, 0.2) is 0 Å². The van der Waals surface area contributed by atoms with Crippen LogP contribution in [-0.4, -0.2) is 45.0 Å². The summed E-state index contributed by atoms with van der Waals surface area (Å²) >= 11 is 0. The molecule has 0 aromatic carbocycles. The number of anilines is 1. The third-order valence-corrected chi connectivity index (χ3v) is 5.21. The second kappa shape index (κ2) is 7.69. The van der Waals surface area contributed by atoms with Crippen molar-refractivity contribution in [2.24, 2.45) is 0 Å². The molecule has 25 heavy (non-hydrogen) atoms. The number of rotatable bonds is 5. The van der Waals surface area contributed by atoms with E-state index in [2.05, 4.69) is 37.1 Å². The molecule has 1 saturated heterocycles. The summed E-state index contributed by atoms with van der Waals surface area (Å²) in [6.07, 6.45) is 1.68. The highest BCUT2D eigenvalue weighted by atomic mass is 16.5. The number of hydrogen-bond acceptors (Lipinski definition) is 4. The van der Waals surface area contributed by atoms with Gasteiger partial charge in [-0.25, -0.2) is 4.98 Å². The number of morpholine rings is 1. The van der Waals surface area contributed by atoms with Crippen molar-refractivity contribution in [1.29, 1.82) is 5.26 Å². The van der Waals surface area contributed by atoms with E-state index in [4.69, 9.17) is 9.47 Å². The van der Waals surface area contributed by atoms with Crippen LogP contribution in [0.5, 0.6) is 0 Å². The molecule has 1 aromatic heterocycles. The maximum absolute atomic E-state index is 9.78. The van der Waals surface area contributed by atoms with E-state index in [9.17, 15) is 5.26 Å². The second-order valence-corrected chi connectivity index (χ2v) is 7.54. The summed E-state index contributed by atoms with van der Waals surface area (Å²) in [5, 5.41) is 13.3. The van der Waals surface area contributed by atoms with E-state index in [0.717, 1.165) is 69.2 Å². The van der Waals surface area contributed by atoms with Crippen molar-refractivity contribution in [2.45, 2.75) is 45.8 Å². The number of hydrogen-bond donors (Lipinski definition) is 2. The summed E-state index contributed by atoms with van der Waals surface area (Å²) in [6.45, 7) is 12.6. The highest BCUT2D eigenvalue weighted by Crippen LogP contribution is 2.32. The summed E-state index contributed by atoms with van der Waals surface area (Å²) in [5.41, 5.74) is 4.02. The van der Waals surface area contributed by atoms with Gasteiger partial charge >= 0.3 is 0 Å². The van der Waals surface area contributed by atoms with Gasteiger partial charge in [-0.05, 0) is 19.4 Å². The number of fused-ring (bicyclic) bond motifs is 1. The highest BCUT2D eigenvalue weighted by molar-refractivity contribution is 5.56. The van der Waals surface area contributed by atoms with E-state index in [-0.39, 0.29) is 5.60 Å². The largest absolute Gasteiger partial charge is 0.370 e. The molecule has 3 heterocycles. The van der Waals surface area contributed by atoms with E-state index in [0.29, 0.717) is 6.61 Å². The van der Waals surface area contributed by atoms with Crippen LogP contribution in [0.25, 0.3) is 0 Å². The van der Waals surface area contributed by atoms with Crippen molar-refractivity contribution >= 4 is 5.82 Å². The molecular formula is C19H30N4O2+2. The standard InChI is InChI=1S/C19H28N4O2/c1-4-17-16-13-25-19(2,3)11-14(16)15(12-20)18(22-17)21-5-6-23-7-9-24-10-8-23/h4-11,13H2,1-3H3,(H,21,22)/p+2. The van der Waals surface area contributed by atoms with Gasteiger partial charge in [-0.1, -0.05) is 6.92 Å². The Morgan fingerprint density at radius 3 is 2.72 bits per heavy atom. The molecule has 6 nitrogen and oxygen atoms in total. The summed E-state index contributed by atoms with van der Waals surface area (Å²) < 4.78 is 11.4. The van der Waals surface area contributed by atoms with Crippen LogP contribution < -0.4 is 15.2 Å². The third-order valence-electron chi connectivity index (χ3n) is 5.21. The predicted octanol–water partition coefficient (Wildman–Crippen LogP) is 0.113. The quantitative estimate of drug-likeness (QED) is 0.794. The van der Waals surface area contributed by atoms with Crippen molar-refractivity contribution in [3.05, 3.63) is 22.4 Å². The molecule has 0 spiro atoms. The Labute approximate surface area is 150 Å². The molecule has 0 amide bonds. The number of quaternary nitrogens is 1. The first-order valence-electron chi connectivity index (χ1n) is 9.33. The molecule has 6 heteroatoms. The Balaban J connectivity index is 1.80. The number of H-pyrrole nitrogens is 1. The van der Waals surface area contributed by atoms with E-state index >= 15 is 0 Å². The molecular weight excluding hydrogens is 316 g/mol. The molecule has 0 bridgehead atoms. The average molecular weight is 346 g/mol. The topological polar surface area (TPSA) is 72.9 Å². The normalized spacial score (nSPS) is 19.9. The number of nitrogens with zero attached hydrogens (tertiary/aromatic N) is 1. The fourth-order valence-corrected chi connectivity index (χ4v) is 3.72. The van der Waals surface area contributed by atoms with Crippen LogP contribution in [0.2, 0.25) is 0 Å². The number of aryl methyl sites for hydroxylation is 1. The van der Waals surface area contributed by atoms with Crippen molar-refractivity contribution in [3.63, 3.8) is 0 Å². The van der Waals surface area contributed by atoms with Gasteiger partial charge in [0, 0.05) is 18.4 Å². The van der Waals surface area contributed by atoms with Gasteiger partial charge in [0.2, 0.25) is 0 Å². The fourth-order valence-electron chi connectivity index (χ4n) is 3.72. The lowest BCUT2D eigenvalue weighted by atomic mass is 9.87. The Kier molecular flexibility index (Phi) is 5.57. The van der Waals surface area contributed by atoms with Crippen LogP contribution in [0.4, 0.5) is 5.82 Å². The summed E-state index contributed by atoms with van der Waals surface area (Å²) in [7, 11) is 0. The molecule has 0 atom stereocenters. The summed E-state index contributed by atoms with van der Waals surface area (Å²) in [5.74, 6) is 0.864. The van der Waals surface area contributed by atoms with Gasteiger partial charge in [0.1, 0.15) is 43.5 Å². The first-order chi connectivity index (χ1) is 12.0. The smallest absolute Gasteiger partial charge is 0.291 e. The van der Waals surface area contributed by atoms with Gasteiger partial charge in [0.25, 0.3) is 5.82 Å². The van der Waals surface area contributed by atoms with Gasteiger partial charge in [-0.15, -0.1) is 0 Å². The molecule has 0 unspecified atom stereocenters. The van der Waals surface area contributed by atoms with Gasteiger partial charge in [-0.3, -0.25) is 5.32 Å².